The summed E-state index contributed by atoms with van der Waals surface area (Å²) >= 11 is 0. The van der Waals surface area contributed by atoms with Crippen molar-refractivity contribution >= 4 is 23.9 Å². The fourth-order valence-corrected chi connectivity index (χ4v) is 3.38. The van der Waals surface area contributed by atoms with Gasteiger partial charge in [0.2, 0.25) is 0 Å². The van der Waals surface area contributed by atoms with Crippen molar-refractivity contribution in [2.45, 2.75) is 52.5 Å². The number of carbonyl (C=O) groups excluding carboxylic acids is 4. The Morgan fingerprint density at radius 1 is 0.568 bits per heavy atom. The molecule has 0 saturated carbocycles. The fraction of sp³-hybridized carbons (Fsp3) is 0.556. The van der Waals surface area contributed by atoms with E-state index in [0.717, 1.165) is 0 Å². The number of hydrogen-bond donors (Lipinski definition) is 0. The highest BCUT2D eigenvalue weighted by molar-refractivity contribution is 5.88. The molecule has 210 valence electrons. The Bertz CT molecular complexity index is 812. The highest BCUT2D eigenvalue weighted by Crippen LogP contribution is 2.33. The van der Waals surface area contributed by atoms with Crippen molar-refractivity contribution in [1.29, 1.82) is 0 Å². The zero-order chi connectivity index (χ0) is 28.1. The number of esters is 4. The second-order valence-electron chi connectivity index (χ2n) is 9.55. The highest BCUT2D eigenvalue weighted by Gasteiger charge is 2.45. The molecule has 0 bridgehead atoms. The van der Waals surface area contributed by atoms with E-state index in [1.165, 1.54) is 0 Å². The normalized spacial score (nSPS) is 10.9. The molecular weight excluding hydrogens is 502 g/mol. The third kappa shape index (κ3) is 12.7. The van der Waals surface area contributed by atoms with Crippen LogP contribution in [0.25, 0.3) is 0 Å². The third-order valence-electron chi connectivity index (χ3n) is 5.96. The van der Waals surface area contributed by atoms with Gasteiger partial charge in [0.25, 0.3) is 0 Å². The standard InChI is InChI=1S/C27H42NO8.ClH/c1-19(2)23(29)33-15-11-27(12-16-34-24(30)20(3)4,13-17-35-25(31)21(5)6)28(9,10)14-18-36-26(32)22(7)8;/h1,3,5,7,11-18H2,2,4,6,8-10H3;1H/q+1;/p-1. The summed E-state index contributed by atoms with van der Waals surface area (Å²) in [5, 5.41) is 0. The summed E-state index contributed by atoms with van der Waals surface area (Å²) in [6.45, 7) is 21.3. The van der Waals surface area contributed by atoms with Gasteiger partial charge in [-0.05, 0) is 27.7 Å². The van der Waals surface area contributed by atoms with Crippen LogP contribution >= 0.6 is 0 Å². The summed E-state index contributed by atoms with van der Waals surface area (Å²) in [7, 11) is 3.85. The molecule has 0 N–H and O–H groups in total. The van der Waals surface area contributed by atoms with Crippen LogP contribution in [0.1, 0.15) is 47.0 Å². The number of rotatable bonds is 17. The molecule has 0 atom stereocenters. The first-order valence-corrected chi connectivity index (χ1v) is 11.7. The van der Waals surface area contributed by atoms with Crippen LogP contribution < -0.4 is 12.4 Å². The van der Waals surface area contributed by atoms with Gasteiger partial charge < -0.3 is 35.8 Å². The summed E-state index contributed by atoms with van der Waals surface area (Å²) in [5.74, 6) is -2.06. The fourth-order valence-electron chi connectivity index (χ4n) is 3.38. The molecule has 10 heteroatoms. The number of carbonyl (C=O) groups is 4. The van der Waals surface area contributed by atoms with Gasteiger partial charge in [-0.2, -0.15) is 0 Å². The highest BCUT2D eigenvalue weighted by atomic mass is 35.5. The lowest BCUT2D eigenvalue weighted by Crippen LogP contribution is -3.00. The average molecular weight is 544 g/mol. The monoisotopic (exact) mass is 543 g/mol. The summed E-state index contributed by atoms with van der Waals surface area (Å²) in [6.07, 6.45) is 1.05. The van der Waals surface area contributed by atoms with Crippen molar-refractivity contribution < 1.29 is 55.0 Å². The zero-order valence-electron chi connectivity index (χ0n) is 23.1. The Kier molecular flexibility index (Phi) is 16.4. The molecule has 0 radical (unpaired) electrons. The molecule has 0 aromatic heterocycles. The Morgan fingerprint density at radius 2 is 0.811 bits per heavy atom. The minimum Gasteiger partial charge on any atom is -1.00 e. The molecule has 0 saturated heterocycles. The molecule has 0 aliphatic carbocycles. The second kappa shape index (κ2) is 16.8. The molecule has 0 spiro atoms. The first-order chi connectivity index (χ1) is 16.6. The van der Waals surface area contributed by atoms with E-state index in [9.17, 15) is 19.2 Å². The van der Waals surface area contributed by atoms with Crippen LogP contribution in [-0.2, 0) is 38.1 Å². The lowest BCUT2D eigenvalue weighted by atomic mass is 9.84. The first kappa shape index (κ1) is 36.2. The Labute approximate surface area is 227 Å². The lowest BCUT2D eigenvalue weighted by molar-refractivity contribution is -0.943. The third-order valence-corrected chi connectivity index (χ3v) is 5.96. The van der Waals surface area contributed by atoms with Crippen molar-refractivity contribution in [3.63, 3.8) is 0 Å². The van der Waals surface area contributed by atoms with Crippen molar-refractivity contribution in [1.82, 2.24) is 0 Å². The lowest BCUT2D eigenvalue weighted by Gasteiger charge is -2.49. The maximum absolute atomic E-state index is 12.0. The number of likely N-dealkylation sites (N-methyl/N-ethyl adjacent to an activating group) is 1. The largest absolute Gasteiger partial charge is 1.00 e. The van der Waals surface area contributed by atoms with Gasteiger partial charge in [0, 0.05) is 41.6 Å². The maximum atomic E-state index is 12.0. The second-order valence-corrected chi connectivity index (χ2v) is 9.55. The van der Waals surface area contributed by atoms with E-state index >= 15 is 0 Å². The predicted molar refractivity (Wildman–Crippen MR) is 137 cm³/mol. The van der Waals surface area contributed by atoms with Crippen LogP contribution in [0.2, 0.25) is 0 Å². The molecule has 37 heavy (non-hydrogen) atoms. The maximum Gasteiger partial charge on any atom is 0.333 e. The van der Waals surface area contributed by atoms with Gasteiger partial charge in [-0.3, -0.25) is 0 Å². The molecule has 0 aliphatic heterocycles. The first-order valence-electron chi connectivity index (χ1n) is 11.7. The van der Waals surface area contributed by atoms with Gasteiger partial charge in [0.1, 0.15) is 18.7 Å². The quantitative estimate of drug-likeness (QED) is 0.113. The van der Waals surface area contributed by atoms with E-state index < -0.39 is 29.4 Å². The number of ether oxygens (including phenoxy) is 4. The molecule has 0 amide bonds. The summed E-state index contributed by atoms with van der Waals surface area (Å²) in [4.78, 5) is 47.9. The molecule has 0 rings (SSSR count). The van der Waals surface area contributed by atoms with E-state index in [-0.39, 0.29) is 65.6 Å². The van der Waals surface area contributed by atoms with E-state index in [1.807, 2.05) is 14.1 Å². The van der Waals surface area contributed by atoms with Gasteiger partial charge >= 0.3 is 23.9 Å². The molecule has 0 aromatic carbocycles. The SMILES string of the molecule is C=C(C)C(=O)OCCC(CCOC(=O)C(=C)C)(CCOC(=O)C(=C)C)[N+](C)(C)CCOC(=O)C(=C)C.[Cl-]. The smallest absolute Gasteiger partial charge is 0.333 e. The molecule has 0 aromatic rings. The predicted octanol–water partition coefficient (Wildman–Crippen LogP) is 0.453. The van der Waals surface area contributed by atoms with Crippen LogP contribution in [0.3, 0.4) is 0 Å². The van der Waals surface area contributed by atoms with E-state index in [2.05, 4.69) is 26.3 Å². The molecule has 0 fully saturated rings. The minimum absolute atomic E-state index is 0. The van der Waals surface area contributed by atoms with Crippen LogP contribution in [0, 0.1) is 0 Å². The molecule has 0 unspecified atom stereocenters. The van der Waals surface area contributed by atoms with E-state index in [0.29, 0.717) is 25.8 Å². The summed E-state index contributed by atoms with van der Waals surface area (Å²) in [5.41, 5.74) is 0.401. The Balaban J connectivity index is 0. The molecule has 0 aliphatic rings. The molecular formula is C27H42ClNO8. The number of hydrogen-bond acceptors (Lipinski definition) is 8. The molecule has 9 nitrogen and oxygen atoms in total. The summed E-state index contributed by atoms with van der Waals surface area (Å²) in [6, 6.07) is 0. The van der Waals surface area contributed by atoms with Crippen LogP contribution in [0.5, 0.6) is 0 Å². The van der Waals surface area contributed by atoms with Gasteiger partial charge in [-0.15, -0.1) is 0 Å². The van der Waals surface area contributed by atoms with Gasteiger partial charge in [0.05, 0.1) is 33.9 Å². The summed E-state index contributed by atoms with van der Waals surface area (Å²) < 4.78 is 21.7. The Hall–Kier alpha value is -2.91. The van der Waals surface area contributed by atoms with Crippen LogP contribution in [-0.4, -0.2) is 81.0 Å². The van der Waals surface area contributed by atoms with E-state index in [4.69, 9.17) is 18.9 Å². The minimum atomic E-state index is -0.699. The number of quaternary nitrogens is 1. The van der Waals surface area contributed by atoms with Crippen LogP contribution in [0.15, 0.2) is 48.6 Å². The van der Waals surface area contributed by atoms with Gasteiger partial charge in [-0.25, -0.2) is 19.2 Å². The topological polar surface area (TPSA) is 105 Å². The van der Waals surface area contributed by atoms with Crippen molar-refractivity contribution in [3.05, 3.63) is 48.6 Å². The number of nitrogens with zero attached hydrogens (tertiary/aromatic N) is 1. The van der Waals surface area contributed by atoms with Crippen LogP contribution in [0.4, 0.5) is 0 Å². The molecule has 0 heterocycles. The number of halogens is 1. The van der Waals surface area contributed by atoms with Gasteiger partial charge in [0.15, 0.2) is 0 Å². The average Bonchev–Trinajstić information content (AvgIpc) is 2.77. The van der Waals surface area contributed by atoms with Crippen molar-refractivity contribution in [2.24, 2.45) is 0 Å². The zero-order valence-corrected chi connectivity index (χ0v) is 23.8. The van der Waals surface area contributed by atoms with Crippen molar-refractivity contribution in [3.8, 4) is 0 Å². The van der Waals surface area contributed by atoms with Crippen molar-refractivity contribution in [2.75, 3.05) is 47.1 Å². The van der Waals surface area contributed by atoms with Gasteiger partial charge in [-0.1, -0.05) is 26.3 Å². The Morgan fingerprint density at radius 3 is 1.05 bits per heavy atom. The van der Waals surface area contributed by atoms with E-state index in [1.54, 1.807) is 27.7 Å².